The van der Waals surface area contributed by atoms with Gasteiger partial charge in [0.25, 0.3) is 0 Å². The van der Waals surface area contributed by atoms with Crippen molar-refractivity contribution in [3.05, 3.63) is 29.7 Å². The van der Waals surface area contributed by atoms with Crippen molar-refractivity contribution in [2.24, 2.45) is 0 Å². The van der Waals surface area contributed by atoms with Crippen molar-refractivity contribution in [3.8, 4) is 0 Å². The molecule has 1 heterocycles. The molecule has 0 saturated heterocycles. The Labute approximate surface area is 87.2 Å². The predicted molar refractivity (Wildman–Crippen MR) is 64.1 cm³/mol. The normalized spacial score (nSPS) is 7.50. The molecule has 80 valence electrons. The average Bonchev–Trinajstić information content (AvgIpc) is 2.64. The fraction of sp³-hybridized carbons (Fsp3) is 0.417. The van der Waals surface area contributed by atoms with Crippen LogP contribution in [0.5, 0.6) is 0 Å². The van der Waals surface area contributed by atoms with Crippen LogP contribution in [0, 0.1) is 12.3 Å². The second-order valence-corrected chi connectivity index (χ2v) is 2.05. The number of aryl methyl sites for hydroxylation is 1. The van der Waals surface area contributed by atoms with E-state index in [-0.39, 0.29) is 0 Å². The quantitative estimate of drug-likeness (QED) is 0.702. The van der Waals surface area contributed by atoms with Crippen LogP contribution in [0.1, 0.15) is 44.6 Å². The largest absolute Gasteiger partial charge is 0.464 e. The van der Waals surface area contributed by atoms with Crippen LogP contribution >= 0.6 is 0 Å². The van der Waals surface area contributed by atoms with Crippen molar-refractivity contribution in [1.29, 1.82) is 5.41 Å². The smallest absolute Gasteiger partial charge is 0.135 e. The van der Waals surface area contributed by atoms with Crippen LogP contribution in [-0.2, 0) is 0 Å². The third kappa shape index (κ3) is 4.08. The first-order chi connectivity index (χ1) is 6.79. The number of hydrogen-bond acceptors (Lipinski definition) is 2. The van der Waals surface area contributed by atoms with Gasteiger partial charge in [-0.2, -0.15) is 0 Å². The van der Waals surface area contributed by atoms with Gasteiger partial charge in [0.05, 0.1) is 6.26 Å². The van der Waals surface area contributed by atoms with E-state index in [1.807, 2.05) is 34.6 Å². The van der Waals surface area contributed by atoms with Crippen LogP contribution < -0.4 is 0 Å². The van der Waals surface area contributed by atoms with Crippen LogP contribution in [-0.4, -0.2) is 6.21 Å². The molecule has 0 aliphatic rings. The molecule has 0 aliphatic carbocycles. The predicted octanol–water partition coefficient (Wildman–Crippen LogP) is 4.28. The maximum atomic E-state index is 7.01. The summed E-state index contributed by atoms with van der Waals surface area (Å²) in [7, 11) is 0. The highest BCUT2D eigenvalue weighted by Gasteiger charge is 2.02. The van der Waals surface area contributed by atoms with Crippen LogP contribution in [0.3, 0.4) is 0 Å². The third-order valence-electron chi connectivity index (χ3n) is 1.38. The summed E-state index contributed by atoms with van der Waals surface area (Å²) in [6, 6.07) is 0. The minimum absolute atomic E-state index is 0.674. The van der Waals surface area contributed by atoms with Crippen molar-refractivity contribution >= 4 is 12.3 Å². The van der Waals surface area contributed by atoms with E-state index in [0.29, 0.717) is 5.76 Å². The Bertz CT molecular complexity index is 261. The van der Waals surface area contributed by atoms with Gasteiger partial charge in [0.2, 0.25) is 0 Å². The van der Waals surface area contributed by atoms with Gasteiger partial charge < -0.3 is 9.83 Å². The van der Waals surface area contributed by atoms with Gasteiger partial charge in [0.15, 0.2) is 0 Å². The van der Waals surface area contributed by atoms with E-state index in [1.54, 1.807) is 12.3 Å². The Morgan fingerprint density at radius 1 is 1.29 bits per heavy atom. The Morgan fingerprint density at radius 2 is 1.79 bits per heavy atom. The maximum absolute atomic E-state index is 7.01. The lowest BCUT2D eigenvalue weighted by molar-refractivity contribution is 0.555. The lowest BCUT2D eigenvalue weighted by Gasteiger charge is -1.86. The minimum Gasteiger partial charge on any atom is -0.464 e. The molecule has 1 N–H and O–H groups in total. The maximum Gasteiger partial charge on any atom is 0.135 e. The number of hydrogen-bond donors (Lipinski definition) is 1. The zero-order valence-electron chi connectivity index (χ0n) is 9.85. The first kappa shape index (κ1) is 15.2. The summed E-state index contributed by atoms with van der Waals surface area (Å²) in [4.78, 5) is 0. The molecule has 0 unspecified atom stereocenters. The van der Waals surface area contributed by atoms with Gasteiger partial charge in [-0.15, -0.1) is 0 Å². The molecular formula is C12H21NO. The topological polar surface area (TPSA) is 37.0 Å². The summed E-state index contributed by atoms with van der Waals surface area (Å²) >= 11 is 0. The SMILES string of the molecule is C=Cc1occ(C)c1C=N.CC.CC. The van der Waals surface area contributed by atoms with Crippen LogP contribution in [0.4, 0.5) is 0 Å². The van der Waals surface area contributed by atoms with E-state index >= 15 is 0 Å². The highest BCUT2D eigenvalue weighted by molar-refractivity contribution is 5.83. The highest BCUT2D eigenvalue weighted by Crippen LogP contribution is 2.14. The summed E-state index contributed by atoms with van der Waals surface area (Å²) in [6.07, 6.45) is 4.50. The molecule has 0 amide bonds. The molecule has 0 fully saturated rings. The summed E-state index contributed by atoms with van der Waals surface area (Å²) in [5.74, 6) is 0.674. The molecule has 1 aromatic rings. The molecule has 0 saturated carbocycles. The first-order valence-electron chi connectivity index (χ1n) is 5.00. The summed E-state index contributed by atoms with van der Waals surface area (Å²) in [5, 5.41) is 7.01. The summed E-state index contributed by atoms with van der Waals surface area (Å²) < 4.78 is 5.07. The van der Waals surface area contributed by atoms with Crippen LogP contribution in [0.25, 0.3) is 6.08 Å². The monoisotopic (exact) mass is 195 g/mol. The third-order valence-corrected chi connectivity index (χ3v) is 1.38. The number of nitrogens with one attached hydrogen (secondary N) is 1. The van der Waals surface area contributed by atoms with E-state index in [1.165, 1.54) is 6.21 Å². The van der Waals surface area contributed by atoms with Crippen LogP contribution in [0.2, 0.25) is 0 Å². The Kier molecular flexibility index (Phi) is 10.6. The van der Waals surface area contributed by atoms with Crippen molar-refractivity contribution in [2.45, 2.75) is 34.6 Å². The number of furan rings is 1. The summed E-state index contributed by atoms with van der Waals surface area (Å²) in [6.45, 7) is 13.5. The van der Waals surface area contributed by atoms with Gasteiger partial charge >= 0.3 is 0 Å². The average molecular weight is 195 g/mol. The van der Waals surface area contributed by atoms with Crippen molar-refractivity contribution in [3.63, 3.8) is 0 Å². The van der Waals surface area contributed by atoms with E-state index in [2.05, 4.69) is 6.58 Å². The molecule has 2 nitrogen and oxygen atoms in total. The van der Waals surface area contributed by atoms with E-state index < -0.39 is 0 Å². The number of rotatable bonds is 2. The van der Waals surface area contributed by atoms with Gasteiger partial charge in [0.1, 0.15) is 5.76 Å². The Hall–Kier alpha value is -1.31. The molecule has 0 atom stereocenters. The van der Waals surface area contributed by atoms with Gasteiger partial charge in [-0.1, -0.05) is 34.3 Å². The Morgan fingerprint density at radius 3 is 2.07 bits per heavy atom. The zero-order valence-corrected chi connectivity index (χ0v) is 9.85. The zero-order chi connectivity index (χ0) is 11.6. The standard InChI is InChI=1S/C8H9NO.2C2H6/c1-3-8-7(4-9)6(2)5-10-8;2*1-2/h3-5,9H,1H2,2H3;2*1-2H3. The minimum atomic E-state index is 0.674. The van der Waals surface area contributed by atoms with Gasteiger partial charge in [0, 0.05) is 11.8 Å². The van der Waals surface area contributed by atoms with Crippen LogP contribution in [0.15, 0.2) is 17.3 Å². The van der Waals surface area contributed by atoms with E-state index in [0.717, 1.165) is 11.1 Å². The fourth-order valence-electron chi connectivity index (χ4n) is 0.816. The van der Waals surface area contributed by atoms with Crippen molar-refractivity contribution in [2.75, 3.05) is 0 Å². The molecule has 0 spiro atoms. The highest BCUT2D eigenvalue weighted by atomic mass is 16.3. The molecule has 1 aromatic heterocycles. The lowest BCUT2D eigenvalue weighted by atomic mass is 10.2. The van der Waals surface area contributed by atoms with Crippen molar-refractivity contribution < 1.29 is 4.42 Å². The molecule has 0 radical (unpaired) electrons. The second-order valence-electron chi connectivity index (χ2n) is 2.05. The van der Waals surface area contributed by atoms with Gasteiger partial charge in [-0.3, -0.25) is 0 Å². The van der Waals surface area contributed by atoms with E-state index in [4.69, 9.17) is 9.83 Å². The van der Waals surface area contributed by atoms with Gasteiger partial charge in [-0.25, -0.2) is 0 Å². The van der Waals surface area contributed by atoms with E-state index in [9.17, 15) is 0 Å². The fourth-order valence-corrected chi connectivity index (χ4v) is 0.816. The second kappa shape index (κ2) is 9.78. The first-order valence-corrected chi connectivity index (χ1v) is 5.00. The summed E-state index contributed by atoms with van der Waals surface area (Å²) in [5.41, 5.74) is 1.79. The molecule has 14 heavy (non-hydrogen) atoms. The molecule has 2 heteroatoms. The Balaban J connectivity index is 0. The molecular weight excluding hydrogens is 174 g/mol. The molecule has 0 aromatic carbocycles. The molecule has 0 bridgehead atoms. The lowest BCUT2D eigenvalue weighted by Crippen LogP contribution is -1.80. The molecule has 1 rings (SSSR count). The van der Waals surface area contributed by atoms with Gasteiger partial charge in [-0.05, 0) is 18.6 Å². The van der Waals surface area contributed by atoms with Crippen molar-refractivity contribution in [1.82, 2.24) is 0 Å². The molecule has 0 aliphatic heterocycles.